The number of ether oxygens (including phenoxy) is 1. The number of carboxylic acid groups (broad SMARTS) is 1. The maximum Gasteiger partial charge on any atom is 0.413 e. The van der Waals surface area contributed by atoms with Gasteiger partial charge < -0.3 is 29.8 Å². The van der Waals surface area contributed by atoms with Crippen LogP contribution in [0.2, 0.25) is 0 Å². The van der Waals surface area contributed by atoms with Crippen LogP contribution in [-0.2, 0) is 4.74 Å². The molecule has 14 nitrogen and oxygen atoms in total. The third-order valence-corrected chi connectivity index (χ3v) is 8.73. The number of oxazole rings is 1. The Morgan fingerprint density at radius 2 is 1.82 bits per heavy atom. The van der Waals surface area contributed by atoms with Crippen molar-refractivity contribution in [3.05, 3.63) is 42.2 Å². The van der Waals surface area contributed by atoms with E-state index in [-0.39, 0.29) is 29.1 Å². The van der Waals surface area contributed by atoms with E-state index in [9.17, 15) is 28.3 Å². The van der Waals surface area contributed by atoms with Crippen LogP contribution in [0.3, 0.4) is 0 Å². The van der Waals surface area contributed by atoms with Crippen LogP contribution in [0.4, 0.5) is 29.9 Å². The van der Waals surface area contributed by atoms with Gasteiger partial charge in [0.15, 0.2) is 11.4 Å². The van der Waals surface area contributed by atoms with Crippen molar-refractivity contribution in [2.24, 2.45) is 11.8 Å². The standard InChI is InChI=1S/C34H46F2N8O6/c1-34(2,3)50-32(46)38-13-5-15-42(4)17-21-8-10-24(11-9-21)44-19-25(28(41-44)29(35)36)39-30(45)26-20-49-31(40-26)23-12-14-37-27(16-23)43(33(47)48)18-22-6-7-22/h12,14,16,19-22,24,29H,5-11,13,15,17-18H2,1-4H3,(H,38,46)(H,39,45)(H,47,48)/t21-,24-. The number of nitrogens with one attached hydrogen (secondary N) is 2. The molecule has 2 saturated carbocycles. The van der Waals surface area contributed by atoms with E-state index in [1.807, 2.05) is 27.8 Å². The Hall–Kier alpha value is -4.60. The van der Waals surface area contributed by atoms with E-state index in [0.29, 0.717) is 30.5 Å². The zero-order valence-electron chi connectivity index (χ0n) is 28.9. The van der Waals surface area contributed by atoms with Gasteiger partial charge in [-0.15, -0.1) is 0 Å². The van der Waals surface area contributed by atoms with E-state index in [2.05, 4.69) is 30.6 Å². The van der Waals surface area contributed by atoms with Crippen LogP contribution in [0.1, 0.15) is 94.4 Å². The lowest BCUT2D eigenvalue weighted by atomic mass is 9.86. The smallest absolute Gasteiger partial charge is 0.413 e. The molecule has 0 spiro atoms. The van der Waals surface area contributed by atoms with Crippen molar-refractivity contribution >= 4 is 29.6 Å². The number of hydrogen-bond donors (Lipinski definition) is 3. The Bertz CT molecular complexity index is 1630. The van der Waals surface area contributed by atoms with Gasteiger partial charge in [0.2, 0.25) is 5.89 Å². The molecular weight excluding hydrogens is 654 g/mol. The molecule has 5 rings (SSSR count). The zero-order chi connectivity index (χ0) is 36.0. The molecule has 16 heteroatoms. The molecule has 0 radical (unpaired) electrons. The minimum Gasteiger partial charge on any atom is -0.465 e. The molecule has 0 aliphatic heterocycles. The molecule has 0 atom stereocenters. The number of amides is 3. The molecule has 3 aromatic rings. The van der Waals surface area contributed by atoms with Crippen molar-refractivity contribution in [1.29, 1.82) is 0 Å². The maximum absolute atomic E-state index is 14.0. The topological polar surface area (TPSA) is 168 Å². The molecule has 0 aromatic carbocycles. The van der Waals surface area contributed by atoms with E-state index in [1.54, 1.807) is 6.07 Å². The minimum atomic E-state index is -2.91. The van der Waals surface area contributed by atoms with E-state index in [4.69, 9.17) is 9.15 Å². The predicted molar refractivity (Wildman–Crippen MR) is 180 cm³/mol. The summed E-state index contributed by atoms with van der Waals surface area (Å²) in [6.07, 6.45) is 5.59. The summed E-state index contributed by atoms with van der Waals surface area (Å²) in [5, 5.41) is 19.1. The highest BCUT2D eigenvalue weighted by molar-refractivity contribution is 6.03. The van der Waals surface area contributed by atoms with Gasteiger partial charge in [-0.1, -0.05) is 0 Å². The summed E-state index contributed by atoms with van der Waals surface area (Å²) in [4.78, 5) is 48.5. The molecule has 0 bridgehead atoms. The van der Waals surface area contributed by atoms with Crippen LogP contribution in [-0.4, -0.2) is 86.7 Å². The molecule has 2 fully saturated rings. The predicted octanol–water partition coefficient (Wildman–Crippen LogP) is 6.60. The summed E-state index contributed by atoms with van der Waals surface area (Å²) < 4.78 is 40.4. The van der Waals surface area contributed by atoms with Gasteiger partial charge in [0.25, 0.3) is 12.3 Å². The molecule has 3 aromatic heterocycles. The summed E-state index contributed by atoms with van der Waals surface area (Å²) >= 11 is 0. The van der Waals surface area contributed by atoms with E-state index >= 15 is 0 Å². The van der Waals surface area contributed by atoms with Gasteiger partial charge in [0, 0.05) is 37.6 Å². The monoisotopic (exact) mass is 700 g/mol. The number of nitrogens with zero attached hydrogens (tertiary/aromatic N) is 6. The average molecular weight is 701 g/mol. The van der Waals surface area contributed by atoms with Gasteiger partial charge in [-0.05, 0) is 103 Å². The molecule has 3 heterocycles. The van der Waals surface area contributed by atoms with Crippen LogP contribution in [0, 0.1) is 11.8 Å². The van der Waals surface area contributed by atoms with Gasteiger partial charge in [-0.2, -0.15) is 5.10 Å². The first-order valence-electron chi connectivity index (χ1n) is 17.0. The highest BCUT2D eigenvalue weighted by Gasteiger charge is 2.30. The molecule has 272 valence electrons. The van der Waals surface area contributed by atoms with Gasteiger partial charge in [-0.3, -0.25) is 14.4 Å². The number of hydrogen-bond acceptors (Lipinski definition) is 9. The van der Waals surface area contributed by atoms with E-state index in [1.165, 1.54) is 28.0 Å². The third-order valence-electron chi connectivity index (χ3n) is 8.73. The fourth-order valence-electron chi connectivity index (χ4n) is 6.05. The Morgan fingerprint density at radius 1 is 1.12 bits per heavy atom. The average Bonchev–Trinajstić information content (AvgIpc) is 3.55. The summed E-state index contributed by atoms with van der Waals surface area (Å²) in [6.45, 7) is 8.03. The van der Waals surface area contributed by atoms with Crippen molar-refractivity contribution < 1.29 is 37.4 Å². The molecule has 3 N–H and O–H groups in total. The number of rotatable bonds is 14. The van der Waals surface area contributed by atoms with Crippen molar-refractivity contribution in [3.63, 3.8) is 0 Å². The minimum absolute atomic E-state index is 0.0558. The van der Waals surface area contributed by atoms with Crippen LogP contribution in [0.15, 0.2) is 35.2 Å². The second kappa shape index (κ2) is 16.0. The Kier molecular flexibility index (Phi) is 11.7. The molecule has 0 unspecified atom stereocenters. The highest BCUT2D eigenvalue weighted by Crippen LogP contribution is 2.36. The molecule has 2 aliphatic rings. The van der Waals surface area contributed by atoms with Crippen LogP contribution >= 0.6 is 0 Å². The first kappa shape index (κ1) is 36.7. The fraction of sp³-hybridized carbons (Fsp3) is 0.588. The molecule has 2 aliphatic carbocycles. The maximum atomic E-state index is 14.0. The Labute approximate surface area is 289 Å². The summed E-state index contributed by atoms with van der Waals surface area (Å²) in [6, 6.07) is 3.01. The largest absolute Gasteiger partial charge is 0.465 e. The Balaban J connectivity index is 1.13. The SMILES string of the molecule is CN(CCCNC(=O)OC(C)(C)C)C[C@H]1CC[C@H](n2cc(NC(=O)c3coc(-c4ccnc(N(CC5CC5)C(=O)O)c4)n3)c(C(F)F)n2)CC1. The second-order valence-corrected chi connectivity index (χ2v) is 14.2. The molecule has 3 amide bonds. The molecule has 50 heavy (non-hydrogen) atoms. The number of carbonyl (C=O) groups is 3. The number of carbonyl (C=O) groups excluding carboxylic acids is 2. The van der Waals surface area contributed by atoms with Gasteiger partial charge in [-0.25, -0.2) is 28.3 Å². The lowest BCUT2D eigenvalue weighted by Crippen LogP contribution is -2.35. The van der Waals surface area contributed by atoms with E-state index in [0.717, 1.165) is 64.3 Å². The fourth-order valence-corrected chi connectivity index (χ4v) is 6.05. The van der Waals surface area contributed by atoms with Gasteiger partial charge in [0.1, 0.15) is 17.7 Å². The number of alkyl carbamates (subject to hydrolysis) is 1. The Morgan fingerprint density at radius 3 is 2.48 bits per heavy atom. The van der Waals surface area contributed by atoms with Crippen LogP contribution < -0.4 is 15.5 Å². The number of anilines is 2. The van der Waals surface area contributed by atoms with Crippen molar-refractivity contribution in [3.8, 4) is 11.5 Å². The first-order valence-corrected chi connectivity index (χ1v) is 17.0. The lowest BCUT2D eigenvalue weighted by molar-refractivity contribution is 0.0525. The first-order chi connectivity index (χ1) is 23.8. The number of pyridine rings is 1. The van der Waals surface area contributed by atoms with Crippen molar-refractivity contribution in [2.75, 3.05) is 43.4 Å². The van der Waals surface area contributed by atoms with Gasteiger partial charge in [0.05, 0.1) is 11.7 Å². The summed E-state index contributed by atoms with van der Waals surface area (Å²) in [7, 11) is 2.05. The molecule has 0 saturated heterocycles. The van der Waals surface area contributed by atoms with Crippen molar-refractivity contribution in [1.82, 2.24) is 30.0 Å². The quantitative estimate of drug-likeness (QED) is 0.156. The van der Waals surface area contributed by atoms with E-state index < -0.39 is 35.8 Å². The molecular formula is C34H46F2N8O6. The van der Waals surface area contributed by atoms with Crippen molar-refractivity contribution in [2.45, 2.75) is 83.8 Å². The number of halogens is 2. The van der Waals surface area contributed by atoms with Gasteiger partial charge >= 0.3 is 12.2 Å². The lowest BCUT2D eigenvalue weighted by Gasteiger charge is -2.31. The number of aromatic nitrogens is 4. The summed E-state index contributed by atoms with van der Waals surface area (Å²) in [5.41, 5.74) is -0.877. The third kappa shape index (κ3) is 10.2. The second-order valence-electron chi connectivity index (χ2n) is 14.2. The zero-order valence-corrected chi connectivity index (χ0v) is 28.9. The van der Waals surface area contributed by atoms with Crippen LogP contribution in [0.25, 0.3) is 11.5 Å². The number of alkyl halides is 2. The summed E-state index contributed by atoms with van der Waals surface area (Å²) in [5.74, 6) is 0.273. The highest BCUT2D eigenvalue weighted by atomic mass is 19.3. The van der Waals surface area contributed by atoms with Crippen LogP contribution in [0.5, 0.6) is 0 Å². The normalized spacial score (nSPS) is 17.9.